The van der Waals surface area contributed by atoms with E-state index in [2.05, 4.69) is 17.7 Å². The summed E-state index contributed by atoms with van der Waals surface area (Å²) in [7, 11) is 0. The first-order chi connectivity index (χ1) is 8.13. The Morgan fingerprint density at radius 3 is 2.76 bits per heavy atom. The number of benzene rings is 1. The second kappa shape index (κ2) is 4.81. The molecule has 0 radical (unpaired) electrons. The lowest BCUT2D eigenvalue weighted by Gasteiger charge is -2.08. The maximum Gasteiger partial charge on any atom is 0.275 e. The number of thiol groups is 1. The van der Waals surface area contributed by atoms with Gasteiger partial charge in [-0.05, 0) is 12.1 Å². The summed E-state index contributed by atoms with van der Waals surface area (Å²) >= 11 is 10.0. The van der Waals surface area contributed by atoms with Gasteiger partial charge in [0.1, 0.15) is 11.4 Å². The van der Waals surface area contributed by atoms with E-state index < -0.39 is 5.56 Å². The Labute approximate surface area is 108 Å². The molecule has 17 heavy (non-hydrogen) atoms. The predicted octanol–water partition coefficient (Wildman–Crippen LogP) is 2.02. The van der Waals surface area contributed by atoms with Gasteiger partial charge in [0.15, 0.2) is 0 Å². The molecule has 1 N–H and O–H groups in total. The van der Waals surface area contributed by atoms with Crippen LogP contribution in [0.2, 0.25) is 5.02 Å². The quantitative estimate of drug-likeness (QED) is 0.820. The number of para-hydroxylation sites is 1. The van der Waals surface area contributed by atoms with Gasteiger partial charge in [-0.25, -0.2) is 0 Å². The van der Waals surface area contributed by atoms with Gasteiger partial charge in [0.25, 0.3) is 5.56 Å². The first kappa shape index (κ1) is 12.0. The van der Waals surface area contributed by atoms with Gasteiger partial charge < -0.3 is 5.11 Å². The molecule has 0 aliphatic carbocycles. The number of rotatable bonds is 2. The fourth-order valence-corrected chi connectivity index (χ4v) is 1.83. The van der Waals surface area contributed by atoms with E-state index >= 15 is 0 Å². The van der Waals surface area contributed by atoms with E-state index in [1.54, 1.807) is 24.3 Å². The maximum absolute atomic E-state index is 11.7. The molecular weight excluding hydrogens is 260 g/mol. The molecule has 88 valence electrons. The summed E-state index contributed by atoms with van der Waals surface area (Å²) in [6.45, 7) is 0. The Balaban J connectivity index is 2.68. The third kappa shape index (κ3) is 2.30. The molecule has 1 aromatic carbocycles. The highest BCUT2D eigenvalue weighted by Gasteiger charge is 2.10. The lowest BCUT2D eigenvalue weighted by Crippen LogP contribution is -2.21. The van der Waals surface area contributed by atoms with Crippen LogP contribution in [0.15, 0.2) is 35.1 Å². The van der Waals surface area contributed by atoms with Crippen molar-refractivity contribution in [3.05, 3.63) is 51.4 Å². The van der Waals surface area contributed by atoms with Crippen molar-refractivity contribution in [2.45, 2.75) is 5.75 Å². The van der Waals surface area contributed by atoms with Gasteiger partial charge in [0, 0.05) is 11.8 Å². The average Bonchev–Trinajstić information content (AvgIpc) is 2.31. The second-order valence-corrected chi connectivity index (χ2v) is 4.06. The van der Waals surface area contributed by atoms with Gasteiger partial charge in [-0.2, -0.15) is 22.4 Å². The molecule has 0 fully saturated rings. The smallest absolute Gasteiger partial charge is 0.275 e. The highest BCUT2D eigenvalue weighted by Crippen LogP contribution is 2.19. The SMILES string of the molecule is O=c1cc(O)c(CS)nn1-c1ccccc1Cl. The van der Waals surface area contributed by atoms with Crippen molar-refractivity contribution in [2.24, 2.45) is 0 Å². The van der Waals surface area contributed by atoms with Gasteiger partial charge in [0.05, 0.1) is 10.7 Å². The van der Waals surface area contributed by atoms with Gasteiger partial charge >= 0.3 is 0 Å². The Bertz CT molecular complexity index is 613. The molecule has 0 bridgehead atoms. The van der Waals surface area contributed by atoms with Crippen LogP contribution in [0.4, 0.5) is 0 Å². The summed E-state index contributed by atoms with van der Waals surface area (Å²) in [5.74, 6) is 0.0737. The Kier molecular flexibility index (Phi) is 3.40. The first-order valence-corrected chi connectivity index (χ1v) is 5.82. The zero-order chi connectivity index (χ0) is 12.4. The molecule has 0 aliphatic heterocycles. The topological polar surface area (TPSA) is 55.1 Å². The van der Waals surface area contributed by atoms with E-state index in [0.29, 0.717) is 16.4 Å². The number of hydrogen-bond donors (Lipinski definition) is 2. The van der Waals surface area contributed by atoms with Gasteiger partial charge in [0.2, 0.25) is 0 Å². The van der Waals surface area contributed by atoms with Crippen LogP contribution < -0.4 is 5.56 Å². The Morgan fingerprint density at radius 2 is 2.12 bits per heavy atom. The zero-order valence-corrected chi connectivity index (χ0v) is 10.3. The minimum absolute atomic E-state index is 0.159. The predicted molar refractivity (Wildman–Crippen MR) is 69.2 cm³/mol. The minimum atomic E-state index is -0.443. The van der Waals surface area contributed by atoms with Crippen LogP contribution in [0.3, 0.4) is 0 Å². The molecule has 0 unspecified atom stereocenters. The van der Waals surface area contributed by atoms with E-state index in [1.807, 2.05) is 0 Å². The number of aromatic hydroxyl groups is 1. The monoisotopic (exact) mass is 268 g/mol. The van der Waals surface area contributed by atoms with Crippen LogP contribution in [0, 0.1) is 0 Å². The summed E-state index contributed by atoms with van der Waals surface area (Å²) in [6.07, 6.45) is 0. The molecule has 0 saturated carbocycles. The van der Waals surface area contributed by atoms with Crippen LogP contribution in [0.1, 0.15) is 5.69 Å². The van der Waals surface area contributed by atoms with Crippen molar-refractivity contribution in [1.29, 1.82) is 0 Å². The molecule has 2 aromatic rings. The standard InChI is InChI=1S/C11H9ClN2O2S/c12-7-3-1-2-4-9(7)14-11(16)5-10(15)8(6-17)13-14/h1-5,15,17H,6H2. The van der Waals surface area contributed by atoms with Crippen LogP contribution >= 0.6 is 24.2 Å². The number of aromatic nitrogens is 2. The lowest BCUT2D eigenvalue weighted by molar-refractivity contribution is 0.460. The maximum atomic E-state index is 11.7. The van der Waals surface area contributed by atoms with Crippen molar-refractivity contribution < 1.29 is 5.11 Å². The van der Waals surface area contributed by atoms with E-state index in [1.165, 1.54) is 0 Å². The fraction of sp³-hybridized carbons (Fsp3) is 0.0909. The van der Waals surface area contributed by atoms with Crippen LogP contribution in [0.25, 0.3) is 5.69 Å². The van der Waals surface area contributed by atoms with Crippen molar-refractivity contribution in [1.82, 2.24) is 9.78 Å². The van der Waals surface area contributed by atoms with Crippen molar-refractivity contribution >= 4 is 24.2 Å². The van der Waals surface area contributed by atoms with Crippen molar-refractivity contribution in [3.63, 3.8) is 0 Å². The summed E-state index contributed by atoms with van der Waals surface area (Å²) in [6, 6.07) is 7.95. The number of hydrogen-bond acceptors (Lipinski definition) is 4. The molecule has 1 heterocycles. The lowest BCUT2D eigenvalue weighted by atomic mass is 10.3. The minimum Gasteiger partial charge on any atom is -0.506 e. The third-order valence-corrected chi connectivity index (χ3v) is 2.83. The van der Waals surface area contributed by atoms with Crippen molar-refractivity contribution in [2.75, 3.05) is 0 Å². The van der Waals surface area contributed by atoms with E-state index in [4.69, 9.17) is 11.6 Å². The van der Waals surface area contributed by atoms with Crippen LogP contribution in [0.5, 0.6) is 5.75 Å². The Morgan fingerprint density at radius 1 is 1.41 bits per heavy atom. The summed E-state index contributed by atoms with van der Waals surface area (Å²) in [4.78, 5) is 11.7. The molecule has 0 spiro atoms. The van der Waals surface area contributed by atoms with E-state index in [-0.39, 0.29) is 11.5 Å². The molecule has 2 rings (SSSR count). The molecule has 0 aliphatic rings. The zero-order valence-electron chi connectivity index (χ0n) is 8.67. The van der Waals surface area contributed by atoms with Crippen LogP contribution in [-0.2, 0) is 5.75 Å². The van der Waals surface area contributed by atoms with Crippen molar-refractivity contribution in [3.8, 4) is 11.4 Å². The van der Waals surface area contributed by atoms with Gasteiger partial charge in [-0.1, -0.05) is 23.7 Å². The molecule has 4 nitrogen and oxygen atoms in total. The number of halogens is 1. The molecular formula is C11H9ClN2O2S. The van der Waals surface area contributed by atoms with E-state index in [9.17, 15) is 9.90 Å². The highest BCUT2D eigenvalue weighted by atomic mass is 35.5. The summed E-state index contributed by atoms with van der Waals surface area (Å²) in [5.41, 5.74) is 0.358. The van der Waals surface area contributed by atoms with Gasteiger partial charge in [-0.3, -0.25) is 4.79 Å². The molecule has 0 amide bonds. The largest absolute Gasteiger partial charge is 0.506 e. The first-order valence-electron chi connectivity index (χ1n) is 4.81. The average molecular weight is 269 g/mol. The van der Waals surface area contributed by atoms with E-state index in [0.717, 1.165) is 10.7 Å². The summed E-state index contributed by atoms with van der Waals surface area (Å²) < 4.78 is 1.15. The molecule has 0 atom stereocenters. The molecule has 6 heteroatoms. The molecule has 1 aromatic heterocycles. The fourth-order valence-electron chi connectivity index (χ4n) is 1.39. The van der Waals surface area contributed by atoms with Crippen LogP contribution in [-0.4, -0.2) is 14.9 Å². The summed E-state index contributed by atoms with van der Waals surface area (Å²) in [5, 5.41) is 13.9. The number of nitrogens with zero attached hydrogens (tertiary/aromatic N) is 2. The van der Waals surface area contributed by atoms with Gasteiger partial charge in [-0.15, -0.1) is 0 Å². The Hall–Kier alpha value is -1.46. The third-order valence-electron chi connectivity index (χ3n) is 2.22. The molecule has 0 saturated heterocycles. The highest BCUT2D eigenvalue weighted by molar-refractivity contribution is 7.79. The normalized spacial score (nSPS) is 10.5. The second-order valence-electron chi connectivity index (χ2n) is 3.34.